The molecule has 1 spiro atoms. The fourth-order valence-electron chi connectivity index (χ4n) is 3.81. The van der Waals surface area contributed by atoms with Crippen molar-refractivity contribution in [3.8, 4) is 11.5 Å². The molecule has 2 heterocycles. The van der Waals surface area contributed by atoms with Gasteiger partial charge >= 0.3 is 5.97 Å². The van der Waals surface area contributed by atoms with Crippen molar-refractivity contribution in [3.63, 3.8) is 0 Å². The third kappa shape index (κ3) is 4.86. The molecule has 28 heavy (non-hydrogen) atoms. The number of carbonyl (C=O) groups is 1. The van der Waals surface area contributed by atoms with E-state index in [0.29, 0.717) is 30.3 Å². The Bertz CT molecular complexity index is 705. The van der Waals surface area contributed by atoms with E-state index in [2.05, 4.69) is 6.08 Å². The fraction of sp³-hybridized carbons (Fsp3) is 0.591. The van der Waals surface area contributed by atoms with Gasteiger partial charge in [0.1, 0.15) is 17.1 Å². The molecule has 2 aliphatic heterocycles. The number of allylic oxidation sites excluding steroid dienone is 1. The summed E-state index contributed by atoms with van der Waals surface area (Å²) in [5.41, 5.74) is 1.16. The van der Waals surface area contributed by atoms with Crippen LogP contribution in [-0.4, -0.2) is 45.3 Å². The van der Waals surface area contributed by atoms with E-state index in [-0.39, 0.29) is 12.1 Å². The second-order valence-corrected chi connectivity index (χ2v) is 7.30. The molecule has 6 heteroatoms. The van der Waals surface area contributed by atoms with Crippen LogP contribution in [0.5, 0.6) is 11.5 Å². The van der Waals surface area contributed by atoms with Crippen molar-refractivity contribution < 1.29 is 28.5 Å². The first kappa shape index (κ1) is 20.7. The molecule has 1 fully saturated rings. The van der Waals surface area contributed by atoms with Crippen molar-refractivity contribution in [1.82, 2.24) is 0 Å². The van der Waals surface area contributed by atoms with E-state index < -0.39 is 5.79 Å². The molecule has 0 saturated carbocycles. The monoisotopic (exact) mass is 390 g/mol. The fourth-order valence-corrected chi connectivity index (χ4v) is 3.81. The minimum atomic E-state index is -0.480. The molecule has 0 aliphatic carbocycles. The summed E-state index contributed by atoms with van der Waals surface area (Å²) >= 11 is 0. The summed E-state index contributed by atoms with van der Waals surface area (Å²) in [6.45, 7) is 3.21. The van der Waals surface area contributed by atoms with Gasteiger partial charge in [-0.2, -0.15) is 0 Å². The van der Waals surface area contributed by atoms with Crippen LogP contribution in [0.15, 0.2) is 18.2 Å². The summed E-state index contributed by atoms with van der Waals surface area (Å²) in [4.78, 5) is 12.9. The molecule has 0 unspecified atom stereocenters. The molecular formula is C22H30O6. The van der Waals surface area contributed by atoms with Gasteiger partial charge in [-0.25, -0.2) is 4.79 Å². The van der Waals surface area contributed by atoms with E-state index in [1.807, 2.05) is 19.1 Å². The number of methoxy groups -OCH3 is 2. The predicted molar refractivity (Wildman–Crippen MR) is 106 cm³/mol. The molecule has 1 aromatic carbocycles. The van der Waals surface area contributed by atoms with Crippen LogP contribution in [0.3, 0.4) is 0 Å². The largest absolute Gasteiger partial charge is 0.497 e. The van der Waals surface area contributed by atoms with Crippen molar-refractivity contribution in [2.75, 3.05) is 27.4 Å². The van der Waals surface area contributed by atoms with Crippen LogP contribution in [0.4, 0.5) is 0 Å². The Morgan fingerprint density at radius 1 is 1.07 bits per heavy atom. The number of hydrogen-bond acceptors (Lipinski definition) is 6. The van der Waals surface area contributed by atoms with E-state index in [9.17, 15) is 4.79 Å². The van der Waals surface area contributed by atoms with Crippen molar-refractivity contribution >= 4 is 12.0 Å². The van der Waals surface area contributed by atoms with Gasteiger partial charge in [-0.05, 0) is 44.2 Å². The number of carbonyl (C=O) groups excluding carboxylic acids is 1. The molecule has 1 aromatic rings. The van der Waals surface area contributed by atoms with Crippen LogP contribution in [0.1, 0.15) is 61.4 Å². The Morgan fingerprint density at radius 3 is 2.54 bits per heavy atom. The minimum Gasteiger partial charge on any atom is -0.497 e. The molecule has 1 atom stereocenters. The Morgan fingerprint density at radius 2 is 1.82 bits per heavy atom. The highest BCUT2D eigenvalue weighted by Gasteiger charge is 2.35. The normalized spacial score (nSPS) is 24.1. The number of rotatable bonds is 2. The molecular weight excluding hydrogens is 360 g/mol. The van der Waals surface area contributed by atoms with Crippen LogP contribution in [0, 0.1) is 0 Å². The molecule has 0 bridgehead atoms. The third-order valence-electron chi connectivity index (χ3n) is 5.28. The second-order valence-electron chi connectivity index (χ2n) is 7.30. The van der Waals surface area contributed by atoms with Gasteiger partial charge in [0.2, 0.25) is 0 Å². The van der Waals surface area contributed by atoms with Gasteiger partial charge in [0.05, 0.1) is 33.5 Å². The van der Waals surface area contributed by atoms with Crippen LogP contribution in [0.25, 0.3) is 6.08 Å². The quantitative estimate of drug-likeness (QED) is 0.699. The summed E-state index contributed by atoms with van der Waals surface area (Å²) in [6, 6.07) is 3.54. The standard InChI is InChI=1S/C22H30O6/c1-16-8-7-11-22(26-12-13-27-22)10-6-4-5-9-17-14-18(24-2)15-19(25-3)20(17)21(23)28-16/h5,9,14-16H,4,6-8,10-13H2,1-3H3/b9-5+/t16-/m0/s1. The van der Waals surface area contributed by atoms with E-state index in [1.165, 1.54) is 0 Å². The predicted octanol–water partition coefficient (Wildman–Crippen LogP) is 4.36. The molecule has 6 nitrogen and oxygen atoms in total. The van der Waals surface area contributed by atoms with Gasteiger partial charge in [-0.3, -0.25) is 0 Å². The van der Waals surface area contributed by atoms with Gasteiger partial charge in [-0.1, -0.05) is 12.2 Å². The smallest absolute Gasteiger partial charge is 0.342 e. The van der Waals surface area contributed by atoms with Gasteiger partial charge in [-0.15, -0.1) is 0 Å². The van der Waals surface area contributed by atoms with E-state index >= 15 is 0 Å². The number of hydrogen-bond donors (Lipinski definition) is 0. The van der Waals surface area contributed by atoms with Crippen molar-refractivity contribution in [2.45, 2.75) is 57.3 Å². The molecule has 2 aliphatic rings. The summed E-state index contributed by atoms with van der Waals surface area (Å²) in [7, 11) is 3.14. The second kappa shape index (κ2) is 9.43. The summed E-state index contributed by atoms with van der Waals surface area (Å²) in [6.07, 6.45) is 8.89. The summed E-state index contributed by atoms with van der Waals surface area (Å²) in [5.74, 6) is 0.224. The zero-order valence-electron chi connectivity index (χ0n) is 17.0. The van der Waals surface area contributed by atoms with Crippen LogP contribution >= 0.6 is 0 Å². The average Bonchev–Trinajstić information content (AvgIpc) is 3.15. The molecule has 0 amide bonds. The number of benzene rings is 1. The number of fused-ring (bicyclic) bond motifs is 1. The van der Waals surface area contributed by atoms with Crippen LogP contribution in [-0.2, 0) is 14.2 Å². The maximum Gasteiger partial charge on any atom is 0.342 e. The van der Waals surface area contributed by atoms with E-state index in [0.717, 1.165) is 44.1 Å². The zero-order chi connectivity index (χ0) is 20.0. The first-order valence-corrected chi connectivity index (χ1v) is 9.98. The van der Waals surface area contributed by atoms with E-state index in [4.69, 9.17) is 23.7 Å². The third-order valence-corrected chi connectivity index (χ3v) is 5.28. The molecule has 0 aromatic heterocycles. The molecule has 154 valence electrons. The minimum absolute atomic E-state index is 0.211. The molecule has 0 N–H and O–H groups in total. The topological polar surface area (TPSA) is 63.2 Å². The van der Waals surface area contributed by atoms with Crippen molar-refractivity contribution in [2.24, 2.45) is 0 Å². The van der Waals surface area contributed by atoms with Gasteiger partial charge in [0.25, 0.3) is 0 Å². The first-order valence-electron chi connectivity index (χ1n) is 9.98. The number of esters is 1. The first-order chi connectivity index (χ1) is 13.6. The Balaban J connectivity index is 1.89. The number of cyclic esters (lactones) is 1. The van der Waals surface area contributed by atoms with E-state index in [1.54, 1.807) is 20.3 Å². The van der Waals surface area contributed by atoms with Gasteiger partial charge in [0.15, 0.2) is 5.79 Å². The molecule has 1 saturated heterocycles. The maximum absolute atomic E-state index is 12.9. The van der Waals surface area contributed by atoms with Crippen LogP contribution in [0.2, 0.25) is 0 Å². The van der Waals surface area contributed by atoms with Crippen molar-refractivity contribution in [1.29, 1.82) is 0 Å². The Hall–Kier alpha value is -2.05. The molecule has 3 rings (SSSR count). The lowest BCUT2D eigenvalue weighted by molar-refractivity contribution is -0.168. The lowest BCUT2D eigenvalue weighted by Gasteiger charge is -2.28. The van der Waals surface area contributed by atoms with Gasteiger partial charge < -0.3 is 23.7 Å². The highest BCUT2D eigenvalue weighted by Crippen LogP contribution is 2.34. The number of ether oxygens (including phenoxy) is 5. The highest BCUT2D eigenvalue weighted by atomic mass is 16.7. The lowest BCUT2D eigenvalue weighted by Crippen LogP contribution is -2.30. The van der Waals surface area contributed by atoms with Crippen LogP contribution < -0.4 is 9.47 Å². The van der Waals surface area contributed by atoms with Gasteiger partial charge in [0, 0.05) is 18.9 Å². The summed E-state index contributed by atoms with van der Waals surface area (Å²) < 4.78 is 28.4. The Kier molecular flexibility index (Phi) is 6.97. The average molecular weight is 390 g/mol. The summed E-state index contributed by atoms with van der Waals surface area (Å²) in [5, 5.41) is 0. The zero-order valence-corrected chi connectivity index (χ0v) is 17.0. The SMILES string of the molecule is COc1cc2c(c(OC)c1)C(=O)O[C@@H](C)CCCC1(CCC/C=C/2)OCCO1. The Labute approximate surface area is 166 Å². The maximum atomic E-state index is 12.9. The lowest BCUT2D eigenvalue weighted by atomic mass is 9.99. The molecule has 0 radical (unpaired) electrons. The van der Waals surface area contributed by atoms with Crippen molar-refractivity contribution in [3.05, 3.63) is 29.3 Å². The highest BCUT2D eigenvalue weighted by molar-refractivity contribution is 5.97.